The number of methoxy groups -OCH3 is 2. The van der Waals surface area contributed by atoms with E-state index in [1.807, 2.05) is 6.07 Å². The molecular formula is C16H27NO3S. The standard InChI is InChI=1S/C16H27NO3S/c1-5-17-13(2)14-7-8-16(20-4)15(11-14)12-21(18)10-6-9-19-3/h7-8,11,13,17H,5-6,9-10,12H2,1-4H3. The van der Waals surface area contributed by atoms with E-state index in [1.54, 1.807) is 14.2 Å². The molecule has 0 saturated heterocycles. The number of ether oxygens (including phenoxy) is 2. The van der Waals surface area contributed by atoms with E-state index >= 15 is 0 Å². The van der Waals surface area contributed by atoms with Crippen LogP contribution >= 0.6 is 0 Å². The van der Waals surface area contributed by atoms with Crippen molar-refractivity contribution in [3.05, 3.63) is 29.3 Å². The highest BCUT2D eigenvalue weighted by molar-refractivity contribution is 7.84. The van der Waals surface area contributed by atoms with E-state index in [9.17, 15) is 4.21 Å². The average molecular weight is 313 g/mol. The molecule has 1 rings (SSSR count). The van der Waals surface area contributed by atoms with Gasteiger partial charge in [-0.05, 0) is 37.6 Å². The van der Waals surface area contributed by atoms with Crippen LogP contribution in [0.2, 0.25) is 0 Å². The normalized spacial score (nSPS) is 13.9. The smallest absolute Gasteiger partial charge is 0.123 e. The van der Waals surface area contributed by atoms with Crippen molar-refractivity contribution >= 4 is 10.8 Å². The van der Waals surface area contributed by atoms with Gasteiger partial charge in [0.2, 0.25) is 0 Å². The number of rotatable bonds is 10. The highest BCUT2D eigenvalue weighted by Crippen LogP contribution is 2.24. The summed E-state index contributed by atoms with van der Waals surface area (Å²) in [6, 6.07) is 6.40. The maximum atomic E-state index is 12.1. The Balaban J connectivity index is 2.78. The Morgan fingerprint density at radius 2 is 2.10 bits per heavy atom. The van der Waals surface area contributed by atoms with Gasteiger partial charge in [0.05, 0.1) is 12.9 Å². The number of benzene rings is 1. The molecule has 2 atom stereocenters. The van der Waals surface area contributed by atoms with Crippen molar-refractivity contribution in [2.24, 2.45) is 0 Å². The van der Waals surface area contributed by atoms with Crippen LogP contribution in [-0.4, -0.2) is 37.3 Å². The predicted molar refractivity (Wildman–Crippen MR) is 88.3 cm³/mol. The minimum atomic E-state index is -0.890. The van der Waals surface area contributed by atoms with Crippen molar-refractivity contribution in [2.45, 2.75) is 32.1 Å². The van der Waals surface area contributed by atoms with Gasteiger partial charge in [-0.2, -0.15) is 0 Å². The van der Waals surface area contributed by atoms with Gasteiger partial charge in [-0.1, -0.05) is 13.0 Å². The summed E-state index contributed by atoms with van der Waals surface area (Å²) in [6.45, 7) is 5.79. The molecule has 0 aromatic heterocycles. The highest BCUT2D eigenvalue weighted by atomic mass is 32.2. The Hall–Kier alpha value is -0.910. The molecule has 0 fully saturated rings. The van der Waals surface area contributed by atoms with Crippen molar-refractivity contribution in [2.75, 3.05) is 33.1 Å². The van der Waals surface area contributed by atoms with Crippen LogP contribution in [0.1, 0.15) is 37.4 Å². The largest absolute Gasteiger partial charge is 0.496 e. The van der Waals surface area contributed by atoms with Gasteiger partial charge in [0, 0.05) is 41.9 Å². The van der Waals surface area contributed by atoms with Gasteiger partial charge in [-0.3, -0.25) is 4.21 Å². The Kier molecular flexibility index (Phi) is 8.57. The molecule has 0 bridgehead atoms. The zero-order chi connectivity index (χ0) is 15.7. The van der Waals surface area contributed by atoms with Crippen molar-refractivity contribution in [3.8, 4) is 5.75 Å². The molecule has 2 unspecified atom stereocenters. The van der Waals surface area contributed by atoms with Gasteiger partial charge in [0.25, 0.3) is 0 Å². The molecule has 0 spiro atoms. The molecule has 0 aliphatic carbocycles. The van der Waals surface area contributed by atoms with Crippen LogP contribution in [0.15, 0.2) is 18.2 Å². The Morgan fingerprint density at radius 3 is 2.71 bits per heavy atom. The molecule has 0 heterocycles. The van der Waals surface area contributed by atoms with Gasteiger partial charge < -0.3 is 14.8 Å². The molecule has 4 nitrogen and oxygen atoms in total. The fourth-order valence-corrected chi connectivity index (χ4v) is 3.37. The fourth-order valence-electron chi connectivity index (χ4n) is 2.21. The fraction of sp³-hybridized carbons (Fsp3) is 0.625. The van der Waals surface area contributed by atoms with E-state index in [4.69, 9.17) is 9.47 Å². The summed E-state index contributed by atoms with van der Waals surface area (Å²) < 4.78 is 22.5. The van der Waals surface area contributed by atoms with Crippen molar-refractivity contribution < 1.29 is 13.7 Å². The monoisotopic (exact) mass is 313 g/mol. The zero-order valence-corrected chi connectivity index (χ0v) is 14.3. The van der Waals surface area contributed by atoms with Crippen LogP contribution < -0.4 is 10.1 Å². The summed E-state index contributed by atoms with van der Waals surface area (Å²) in [5.41, 5.74) is 2.21. The van der Waals surface area contributed by atoms with Crippen LogP contribution in [0.3, 0.4) is 0 Å². The Bertz CT molecular complexity index is 451. The molecule has 21 heavy (non-hydrogen) atoms. The maximum Gasteiger partial charge on any atom is 0.123 e. The van der Waals surface area contributed by atoms with E-state index in [2.05, 4.69) is 31.3 Å². The number of nitrogens with one attached hydrogen (secondary N) is 1. The van der Waals surface area contributed by atoms with Gasteiger partial charge >= 0.3 is 0 Å². The zero-order valence-electron chi connectivity index (χ0n) is 13.5. The minimum Gasteiger partial charge on any atom is -0.496 e. The molecular weight excluding hydrogens is 286 g/mol. The predicted octanol–water partition coefficient (Wildman–Crippen LogP) is 2.65. The van der Waals surface area contributed by atoms with Crippen molar-refractivity contribution in [1.29, 1.82) is 0 Å². The third-order valence-electron chi connectivity index (χ3n) is 3.35. The lowest BCUT2D eigenvalue weighted by Crippen LogP contribution is -2.18. The van der Waals surface area contributed by atoms with Crippen molar-refractivity contribution in [1.82, 2.24) is 5.32 Å². The van der Waals surface area contributed by atoms with Crippen LogP contribution in [0.25, 0.3) is 0 Å². The van der Waals surface area contributed by atoms with E-state index in [-0.39, 0.29) is 6.04 Å². The van der Waals surface area contributed by atoms with E-state index in [0.717, 1.165) is 24.3 Å². The summed E-state index contributed by atoms with van der Waals surface area (Å²) in [6.07, 6.45) is 0.818. The lowest BCUT2D eigenvalue weighted by atomic mass is 10.0. The average Bonchev–Trinajstić information content (AvgIpc) is 2.47. The molecule has 0 aliphatic rings. The summed E-state index contributed by atoms with van der Waals surface area (Å²) >= 11 is 0. The highest BCUT2D eigenvalue weighted by Gasteiger charge is 2.11. The topological polar surface area (TPSA) is 47.6 Å². The molecule has 0 radical (unpaired) electrons. The molecule has 0 aliphatic heterocycles. The minimum absolute atomic E-state index is 0.279. The van der Waals surface area contributed by atoms with Crippen molar-refractivity contribution in [3.63, 3.8) is 0 Å². The van der Waals surface area contributed by atoms with Gasteiger partial charge in [0.15, 0.2) is 0 Å². The first-order chi connectivity index (χ1) is 10.1. The molecule has 1 N–H and O–H groups in total. The van der Waals surface area contributed by atoms with E-state index < -0.39 is 10.8 Å². The summed E-state index contributed by atoms with van der Waals surface area (Å²) in [4.78, 5) is 0. The first-order valence-corrected chi connectivity index (χ1v) is 8.85. The quantitative estimate of drug-likeness (QED) is 0.675. The lowest BCUT2D eigenvalue weighted by Gasteiger charge is -2.16. The second-order valence-electron chi connectivity index (χ2n) is 4.99. The first kappa shape index (κ1) is 18.1. The van der Waals surface area contributed by atoms with Crippen LogP contribution in [0.5, 0.6) is 5.75 Å². The van der Waals surface area contributed by atoms with E-state index in [1.165, 1.54) is 5.56 Å². The summed E-state index contributed by atoms with van der Waals surface area (Å²) in [5.74, 6) is 1.99. The van der Waals surface area contributed by atoms with Crippen LogP contribution in [0.4, 0.5) is 0 Å². The molecule has 0 amide bonds. The third kappa shape index (κ3) is 6.16. The van der Waals surface area contributed by atoms with Crippen LogP contribution in [0, 0.1) is 0 Å². The maximum absolute atomic E-state index is 12.1. The van der Waals surface area contributed by atoms with E-state index in [0.29, 0.717) is 18.1 Å². The Labute approximate surface area is 130 Å². The number of hydrogen-bond donors (Lipinski definition) is 1. The summed E-state index contributed by atoms with van der Waals surface area (Å²) in [5, 5.41) is 3.39. The lowest BCUT2D eigenvalue weighted by molar-refractivity contribution is 0.200. The molecule has 5 heteroatoms. The molecule has 1 aromatic carbocycles. The van der Waals surface area contributed by atoms with Gasteiger partial charge in [-0.15, -0.1) is 0 Å². The second kappa shape index (κ2) is 9.92. The number of hydrogen-bond acceptors (Lipinski definition) is 4. The Morgan fingerprint density at radius 1 is 1.33 bits per heavy atom. The SMILES string of the molecule is CCNC(C)c1ccc(OC)c(CS(=O)CCCOC)c1. The third-order valence-corrected chi connectivity index (χ3v) is 4.73. The molecule has 0 saturated carbocycles. The molecule has 1 aromatic rings. The van der Waals surface area contributed by atoms with Gasteiger partial charge in [0.1, 0.15) is 5.75 Å². The second-order valence-corrected chi connectivity index (χ2v) is 6.56. The van der Waals surface area contributed by atoms with Crippen LogP contribution in [-0.2, 0) is 21.3 Å². The summed E-state index contributed by atoms with van der Waals surface area (Å²) in [7, 11) is 2.43. The van der Waals surface area contributed by atoms with Gasteiger partial charge in [-0.25, -0.2) is 0 Å². The first-order valence-electron chi connectivity index (χ1n) is 7.36. The molecule has 120 valence electrons.